The van der Waals surface area contributed by atoms with Gasteiger partial charge in [-0.2, -0.15) is 0 Å². The molecule has 0 bridgehead atoms. The van der Waals surface area contributed by atoms with Crippen LogP contribution in [-0.4, -0.2) is 37.7 Å². The molecular weight excluding hydrogens is 228 g/mol. The highest BCUT2D eigenvalue weighted by Gasteiger charge is 2.24. The molecule has 18 heavy (non-hydrogen) atoms. The Labute approximate surface area is 110 Å². The molecule has 0 aromatic rings. The summed E-state index contributed by atoms with van der Waals surface area (Å²) in [6, 6.07) is 0.469. The van der Waals surface area contributed by atoms with E-state index in [1.54, 1.807) is 0 Å². The van der Waals surface area contributed by atoms with Crippen LogP contribution in [-0.2, 0) is 9.53 Å². The smallest absolute Gasteiger partial charge is 0.223 e. The van der Waals surface area contributed by atoms with Gasteiger partial charge in [-0.25, -0.2) is 0 Å². The van der Waals surface area contributed by atoms with E-state index < -0.39 is 0 Å². The van der Waals surface area contributed by atoms with Crippen molar-refractivity contribution >= 4 is 5.91 Å². The van der Waals surface area contributed by atoms with Crippen LogP contribution in [0.15, 0.2) is 0 Å². The first-order chi connectivity index (χ1) is 8.75. The van der Waals surface area contributed by atoms with E-state index in [1.807, 2.05) is 0 Å². The molecule has 2 saturated heterocycles. The Balaban J connectivity index is 1.61. The van der Waals surface area contributed by atoms with Crippen molar-refractivity contribution in [1.82, 2.24) is 10.6 Å². The molecule has 3 unspecified atom stereocenters. The first kappa shape index (κ1) is 13.8. The van der Waals surface area contributed by atoms with Gasteiger partial charge in [0.1, 0.15) is 0 Å². The molecule has 2 fully saturated rings. The van der Waals surface area contributed by atoms with E-state index in [1.165, 1.54) is 12.8 Å². The maximum Gasteiger partial charge on any atom is 0.223 e. The van der Waals surface area contributed by atoms with Gasteiger partial charge in [0.05, 0.1) is 6.10 Å². The number of nitrogens with one attached hydrogen (secondary N) is 2. The quantitative estimate of drug-likeness (QED) is 0.798. The summed E-state index contributed by atoms with van der Waals surface area (Å²) in [6.07, 6.45) is 6.88. The molecule has 2 heterocycles. The standard InChI is InChI=1S/C14H26N2O2/c1-11-10-12(5-7-15-11)14(17)16-8-6-13-4-2-3-9-18-13/h11-13,15H,2-10H2,1H3,(H,16,17). The number of hydrogen-bond donors (Lipinski definition) is 2. The van der Waals surface area contributed by atoms with Gasteiger partial charge in [0, 0.05) is 25.1 Å². The normalized spacial score (nSPS) is 33.1. The van der Waals surface area contributed by atoms with Crippen LogP contribution in [0.3, 0.4) is 0 Å². The van der Waals surface area contributed by atoms with E-state index in [-0.39, 0.29) is 11.8 Å². The highest BCUT2D eigenvalue weighted by Crippen LogP contribution is 2.17. The molecule has 0 spiro atoms. The third-order valence-corrected chi connectivity index (χ3v) is 4.03. The zero-order valence-corrected chi connectivity index (χ0v) is 11.4. The Morgan fingerprint density at radius 1 is 1.39 bits per heavy atom. The minimum Gasteiger partial charge on any atom is -0.378 e. The highest BCUT2D eigenvalue weighted by atomic mass is 16.5. The van der Waals surface area contributed by atoms with Crippen LogP contribution in [0.1, 0.15) is 45.4 Å². The largest absolute Gasteiger partial charge is 0.378 e. The fourth-order valence-electron chi connectivity index (χ4n) is 2.91. The van der Waals surface area contributed by atoms with E-state index in [0.29, 0.717) is 12.1 Å². The van der Waals surface area contributed by atoms with Crippen LogP contribution in [0.5, 0.6) is 0 Å². The molecule has 104 valence electrons. The predicted octanol–water partition coefficient (Wildman–Crippen LogP) is 1.45. The average Bonchev–Trinajstić information content (AvgIpc) is 2.40. The fraction of sp³-hybridized carbons (Fsp3) is 0.929. The topological polar surface area (TPSA) is 50.4 Å². The van der Waals surface area contributed by atoms with Gasteiger partial charge in [0.25, 0.3) is 0 Å². The van der Waals surface area contributed by atoms with E-state index >= 15 is 0 Å². The van der Waals surface area contributed by atoms with Crippen molar-refractivity contribution in [1.29, 1.82) is 0 Å². The Bertz CT molecular complexity index is 265. The van der Waals surface area contributed by atoms with Crippen LogP contribution in [0.2, 0.25) is 0 Å². The Morgan fingerprint density at radius 2 is 2.28 bits per heavy atom. The van der Waals surface area contributed by atoms with Gasteiger partial charge in [0.15, 0.2) is 0 Å². The summed E-state index contributed by atoms with van der Waals surface area (Å²) in [5.74, 6) is 0.438. The van der Waals surface area contributed by atoms with Crippen LogP contribution in [0.25, 0.3) is 0 Å². The summed E-state index contributed by atoms with van der Waals surface area (Å²) < 4.78 is 5.66. The summed E-state index contributed by atoms with van der Waals surface area (Å²) in [4.78, 5) is 12.0. The van der Waals surface area contributed by atoms with Gasteiger partial charge in [-0.15, -0.1) is 0 Å². The number of amides is 1. The number of piperidine rings is 1. The maximum atomic E-state index is 12.0. The van der Waals surface area contributed by atoms with Crippen molar-refractivity contribution in [2.45, 2.75) is 57.6 Å². The number of carbonyl (C=O) groups is 1. The Morgan fingerprint density at radius 3 is 3.00 bits per heavy atom. The van der Waals surface area contributed by atoms with Crippen molar-refractivity contribution in [3.8, 4) is 0 Å². The molecule has 3 atom stereocenters. The zero-order chi connectivity index (χ0) is 12.8. The van der Waals surface area contributed by atoms with E-state index in [9.17, 15) is 4.79 Å². The zero-order valence-electron chi connectivity index (χ0n) is 11.4. The monoisotopic (exact) mass is 254 g/mol. The number of carbonyl (C=O) groups excluding carboxylic acids is 1. The molecule has 0 aromatic carbocycles. The summed E-state index contributed by atoms with van der Waals surface area (Å²) >= 11 is 0. The highest BCUT2D eigenvalue weighted by molar-refractivity contribution is 5.78. The number of rotatable bonds is 4. The van der Waals surface area contributed by atoms with E-state index in [4.69, 9.17) is 4.74 Å². The van der Waals surface area contributed by atoms with Crippen molar-refractivity contribution in [3.05, 3.63) is 0 Å². The third-order valence-electron chi connectivity index (χ3n) is 4.03. The van der Waals surface area contributed by atoms with Crippen LogP contribution < -0.4 is 10.6 Å². The first-order valence-electron chi connectivity index (χ1n) is 7.38. The minimum atomic E-state index is 0.202. The molecule has 0 aromatic heterocycles. The molecule has 1 amide bonds. The predicted molar refractivity (Wildman–Crippen MR) is 71.4 cm³/mol. The van der Waals surface area contributed by atoms with Crippen molar-refractivity contribution in [3.63, 3.8) is 0 Å². The van der Waals surface area contributed by atoms with Gasteiger partial charge < -0.3 is 15.4 Å². The molecular formula is C14H26N2O2. The molecule has 2 rings (SSSR count). The summed E-state index contributed by atoms with van der Waals surface area (Å²) in [6.45, 7) is 4.77. The fourth-order valence-corrected chi connectivity index (χ4v) is 2.91. The second-order valence-electron chi connectivity index (χ2n) is 5.64. The number of ether oxygens (including phenoxy) is 1. The SMILES string of the molecule is CC1CC(C(=O)NCCC2CCCCO2)CCN1. The lowest BCUT2D eigenvalue weighted by Gasteiger charge is -2.27. The van der Waals surface area contributed by atoms with Gasteiger partial charge >= 0.3 is 0 Å². The second-order valence-corrected chi connectivity index (χ2v) is 5.64. The van der Waals surface area contributed by atoms with Crippen LogP contribution in [0, 0.1) is 5.92 Å². The summed E-state index contributed by atoms with van der Waals surface area (Å²) in [5, 5.41) is 6.45. The van der Waals surface area contributed by atoms with E-state index in [0.717, 1.165) is 45.4 Å². The second kappa shape index (κ2) is 7.10. The van der Waals surface area contributed by atoms with Crippen molar-refractivity contribution < 1.29 is 9.53 Å². The lowest BCUT2D eigenvalue weighted by Crippen LogP contribution is -2.43. The van der Waals surface area contributed by atoms with Crippen LogP contribution >= 0.6 is 0 Å². The van der Waals surface area contributed by atoms with Crippen molar-refractivity contribution in [2.24, 2.45) is 5.92 Å². The molecule has 4 nitrogen and oxygen atoms in total. The van der Waals surface area contributed by atoms with Gasteiger partial charge in [0.2, 0.25) is 5.91 Å². The molecule has 0 saturated carbocycles. The third kappa shape index (κ3) is 4.25. The average molecular weight is 254 g/mol. The molecule has 2 N–H and O–H groups in total. The van der Waals surface area contributed by atoms with Gasteiger partial charge in [-0.3, -0.25) is 4.79 Å². The molecule has 0 aliphatic carbocycles. The van der Waals surface area contributed by atoms with E-state index in [2.05, 4.69) is 17.6 Å². The number of hydrogen-bond acceptors (Lipinski definition) is 3. The summed E-state index contributed by atoms with van der Waals surface area (Å²) in [7, 11) is 0. The Hall–Kier alpha value is -0.610. The molecule has 4 heteroatoms. The minimum absolute atomic E-state index is 0.202. The lowest BCUT2D eigenvalue weighted by molar-refractivity contribution is -0.126. The molecule has 2 aliphatic heterocycles. The lowest BCUT2D eigenvalue weighted by atomic mass is 9.92. The Kier molecular flexibility index (Phi) is 5.45. The maximum absolute atomic E-state index is 12.0. The van der Waals surface area contributed by atoms with Gasteiger partial charge in [-0.1, -0.05) is 0 Å². The summed E-state index contributed by atoms with van der Waals surface area (Å²) in [5.41, 5.74) is 0. The van der Waals surface area contributed by atoms with Gasteiger partial charge in [-0.05, 0) is 52.0 Å². The van der Waals surface area contributed by atoms with Crippen LogP contribution in [0.4, 0.5) is 0 Å². The molecule has 0 radical (unpaired) electrons. The van der Waals surface area contributed by atoms with Crippen molar-refractivity contribution in [2.75, 3.05) is 19.7 Å². The first-order valence-corrected chi connectivity index (χ1v) is 7.38. The molecule has 2 aliphatic rings.